The standard InChI is InChI=1S/C29H20F7NO3/c30-25-23(15-8-16-24(25)40-29(34,35)36)27(18-19-9-3-1-4-10-19,37-26(38)20-11-5-2-6-12-20)21-13-7-14-22(17-21)39-28(31,32)33/h1-17H,18H2,(H,37,38). The number of halogens is 7. The average molecular weight is 563 g/mol. The first-order valence-electron chi connectivity index (χ1n) is 11.7. The van der Waals surface area contributed by atoms with Gasteiger partial charge in [0, 0.05) is 17.5 Å². The predicted molar refractivity (Wildman–Crippen MR) is 131 cm³/mol. The van der Waals surface area contributed by atoms with E-state index < -0.39 is 47.1 Å². The fourth-order valence-electron chi connectivity index (χ4n) is 4.30. The lowest BCUT2D eigenvalue weighted by molar-refractivity contribution is -0.276. The van der Waals surface area contributed by atoms with E-state index in [1.165, 1.54) is 24.3 Å². The number of carbonyl (C=O) groups is 1. The van der Waals surface area contributed by atoms with Crippen LogP contribution in [0.15, 0.2) is 103 Å². The Morgan fingerprint density at radius 1 is 0.700 bits per heavy atom. The molecule has 4 nitrogen and oxygen atoms in total. The van der Waals surface area contributed by atoms with Crippen LogP contribution in [0.25, 0.3) is 0 Å². The van der Waals surface area contributed by atoms with Crippen molar-refractivity contribution in [3.05, 3.63) is 131 Å². The third-order valence-corrected chi connectivity index (χ3v) is 5.88. The molecule has 1 unspecified atom stereocenters. The molecular formula is C29H20F7NO3. The van der Waals surface area contributed by atoms with Crippen LogP contribution in [0.3, 0.4) is 0 Å². The van der Waals surface area contributed by atoms with Gasteiger partial charge in [-0.25, -0.2) is 4.39 Å². The van der Waals surface area contributed by atoms with Gasteiger partial charge in [0.1, 0.15) is 5.75 Å². The molecule has 0 aliphatic carbocycles. The van der Waals surface area contributed by atoms with E-state index in [4.69, 9.17) is 0 Å². The molecule has 0 saturated heterocycles. The summed E-state index contributed by atoms with van der Waals surface area (Å²) in [6.07, 6.45) is -10.6. The second-order valence-electron chi connectivity index (χ2n) is 8.63. The van der Waals surface area contributed by atoms with E-state index in [1.807, 2.05) is 0 Å². The Morgan fingerprint density at radius 3 is 1.93 bits per heavy atom. The molecule has 0 bridgehead atoms. The first-order chi connectivity index (χ1) is 18.9. The zero-order valence-corrected chi connectivity index (χ0v) is 20.4. The molecule has 4 aromatic rings. The molecule has 0 aliphatic rings. The molecule has 208 valence electrons. The number of hydrogen-bond donors (Lipinski definition) is 1. The highest BCUT2D eigenvalue weighted by molar-refractivity contribution is 5.95. The smallest absolute Gasteiger partial charge is 0.406 e. The third-order valence-electron chi connectivity index (χ3n) is 5.88. The third kappa shape index (κ3) is 6.90. The summed E-state index contributed by atoms with van der Waals surface area (Å²) >= 11 is 0. The van der Waals surface area contributed by atoms with Gasteiger partial charge in [0.2, 0.25) is 0 Å². The number of amides is 1. The van der Waals surface area contributed by atoms with Gasteiger partial charge in [-0.15, -0.1) is 26.3 Å². The maximum absolute atomic E-state index is 15.9. The van der Waals surface area contributed by atoms with Crippen molar-refractivity contribution in [3.8, 4) is 11.5 Å². The number of nitrogens with one attached hydrogen (secondary N) is 1. The van der Waals surface area contributed by atoms with Crippen LogP contribution in [0.5, 0.6) is 11.5 Å². The van der Waals surface area contributed by atoms with Crippen molar-refractivity contribution in [1.29, 1.82) is 0 Å². The van der Waals surface area contributed by atoms with Gasteiger partial charge in [-0.1, -0.05) is 72.8 Å². The van der Waals surface area contributed by atoms with Crippen LogP contribution in [0.2, 0.25) is 0 Å². The predicted octanol–water partition coefficient (Wildman–Crippen LogP) is 7.54. The summed E-state index contributed by atoms with van der Waals surface area (Å²) in [6, 6.07) is 23.3. The van der Waals surface area contributed by atoms with Crippen molar-refractivity contribution in [2.45, 2.75) is 24.7 Å². The Kier molecular flexibility index (Phi) is 8.03. The summed E-state index contributed by atoms with van der Waals surface area (Å²) in [5.74, 6) is -4.09. The van der Waals surface area contributed by atoms with Crippen molar-refractivity contribution in [2.75, 3.05) is 0 Å². The first kappa shape index (κ1) is 28.5. The van der Waals surface area contributed by atoms with Crippen molar-refractivity contribution in [1.82, 2.24) is 5.32 Å². The molecule has 40 heavy (non-hydrogen) atoms. The van der Waals surface area contributed by atoms with Crippen molar-refractivity contribution >= 4 is 5.91 Å². The zero-order chi connectivity index (χ0) is 29.0. The SMILES string of the molecule is O=C(NC(Cc1ccccc1)(c1cccc(OC(F)(F)F)c1)c1cccc(OC(F)(F)F)c1F)c1ccccc1. The molecule has 1 N–H and O–H groups in total. The topological polar surface area (TPSA) is 47.6 Å². The van der Waals surface area contributed by atoms with Gasteiger partial charge in [-0.3, -0.25) is 4.79 Å². The molecule has 11 heteroatoms. The molecule has 0 heterocycles. The maximum Gasteiger partial charge on any atom is 0.573 e. The van der Waals surface area contributed by atoms with E-state index in [0.717, 1.165) is 30.3 Å². The minimum atomic E-state index is -5.24. The van der Waals surface area contributed by atoms with E-state index in [9.17, 15) is 31.1 Å². The van der Waals surface area contributed by atoms with Gasteiger partial charge < -0.3 is 14.8 Å². The lowest BCUT2D eigenvalue weighted by Gasteiger charge is -2.37. The minimum absolute atomic E-state index is 0.0922. The van der Waals surface area contributed by atoms with Crippen LogP contribution < -0.4 is 14.8 Å². The number of ether oxygens (including phenoxy) is 2. The Morgan fingerprint density at radius 2 is 1.30 bits per heavy atom. The van der Waals surface area contributed by atoms with Crippen LogP contribution in [0.1, 0.15) is 27.0 Å². The second kappa shape index (κ2) is 11.3. The monoisotopic (exact) mass is 563 g/mol. The number of rotatable bonds is 8. The van der Waals surface area contributed by atoms with Crippen molar-refractivity contribution in [2.24, 2.45) is 0 Å². The number of benzene rings is 4. The molecule has 4 aromatic carbocycles. The highest BCUT2D eigenvalue weighted by atomic mass is 19.4. The molecule has 1 atom stereocenters. The van der Waals surface area contributed by atoms with Crippen LogP contribution in [0.4, 0.5) is 30.7 Å². The van der Waals surface area contributed by atoms with Gasteiger partial charge >= 0.3 is 12.7 Å². The summed E-state index contributed by atoms with van der Waals surface area (Å²) in [5.41, 5.74) is -2.00. The molecule has 0 spiro atoms. The quantitative estimate of drug-likeness (QED) is 0.226. The van der Waals surface area contributed by atoms with E-state index >= 15 is 4.39 Å². The largest absolute Gasteiger partial charge is 0.573 e. The van der Waals surface area contributed by atoms with Gasteiger partial charge in [0.15, 0.2) is 11.6 Å². The normalized spacial score (nSPS) is 13.3. The Labute approximate surface area is 224 Å². The summed E-state index contributed by atoms with van der Waals surface area (Å²) in [7, 11) is 0. The summed E-state index contributed by atoms with van der Waals surface area (Å²) in [6.45, 7) is 0. The molecule has 0 aromatic heterocycles. The molecule has 4 rings (SSSR count). The van der Waals surface area contributed by atoms with E-state index in [-0.39, 0.29) is 17.5 Å². The second-order valence-corrected chi connectivity index (χ2v) is 8.63. The van der Waals surface area contributed by atoms with Crippen LogP contribution in [-0.2, 0) is 12.0 Å². The molecule has 0 radical (unpaired) electrons. The lowest BCUT2D eigenvalue weighted by Crippen LogP contribution is -2.49. The van der Waals surface area contributed by atoms with Crippen molar-refractivity contribution in [3.63, 3.8) is 0 Å². The fourth-order valence-corrected chi connectivity index (χ4v) is 4.30. The van der Waals surface area contributed by atoms with Crippen LogP contribution in [0, 0.1) is 5.82 Å². The highest BCUT2D eigenvalue weighted by Crippen LogP contribution is 2.40. The number of carbonyl (C=O) groups excluding carboxylic acids is 1. The van der Waals surface area contributed by atoms with Gasteiger partial charge in [-0.2, -0.15) is 0 Å². The molecule has 0 fully saturated rings. The molecule has 0 aliphatic heterocycles. The summed E-state index contributed by atoms with van der Waals surface area (Å²) in [5, 5.41) is 2.70. The minimum Gasteiger partial charge on any atom is -0.406 e. The molecular weight excluding hydrogens is 543 g/mol. The van der Waals surface area contributed by atoms with Crippen LogP contribution in [-0.4, -0.2) is 18.6 Å². The van der Waals surface area contributed by atoms with Crippen molar-refractivity contribution < 1.29 is 45.0 Å². The van der Waals surface area contributed by atoms with Crippen LogP contribution >= 0.6 is 0 Å². The summed E-state index contributed by atoms with van der Waals surface area (Å²) < 4.78 is 102. The van der Waals surface area contributed by atoms with E-state index in [2.05, 4.69) is 14.8 Å². The number of alkyl halides is 6. The summed E-state index contributed by atoms with van der Waals surface area (Å²) in [4.78, 5) is 13.5. The fraction of sp³-hybridized carbons (Fsp3) is 0.138. The maximum atomic E-state index is 15.9. The van der Waals surface area contributed by atoms with E-state index in [0.29, 0.717) is 5.56 Å². The van der Waals surface area contributed by atoms with Gasteiger partial charge in [-0.05, 0) is 41.5 Å². The van der Waals surface area contributed by atoms with Gasteiger partial charge in [0.05, 0.1) is 5.54 Å². The number of hydrogen-bond acceptors (Lipinski definition) is 3. The zero-order valence-electron chi connectivity index (χ0n) is 20.4. The lowest BCUT2D eigenvalue weighted by atomic mass is 9.77. The Balaban J connectivity index is 1.99. The molecule has 1 amide bonds. The van der Waals surface area contributed by atoms with E-state index in [1.54, 1.807) is 48.5 Å². The Hall–Kier alpha value is -4.54. The highest BCUT2D eigenvalue weighted by Gasteiger charge is 2.42. The first-order valence-corrected chi connectivity index (χ1v) is 11.7. The van der Waals surface area contributed by atoms with Gasteiger partial charge in [0.25, 0.3) is 5.91 Å². The molecule has 0 saturated carbocycles. The average Bonchev–Trinajstić information content (AvgIpc) is 2.89. The Bertz CT molecular complexity index is 1460.